The molecule has 0 saturated heterocycles. The van der Waals surface area contributed by atoms with E-state index in [0.29, 0.717) is 9.65 Å². The molecule has 0 aliphatic rings. The molecular formula is C26H36Br2O. The molecule has 160 valence electrons. The van der Waals surface area contributed by atoms with E-state index in [1.807, 2.05) is 0 Å². The molecule has 0 radical (unpaired) electrons. The van der Waals surface area contributed by atoms with Gasteiger partial charge in [-0.2, -0.15) is 0 Å². The number of unbranched alkanes of at least 4 members (excludes halogenated alkanes) is 4. The van der Waals surface area contributed by atoms with Crippen LogP contribution < -0.4 is 0 Å². The summed E-state index contributed by atoms with van der Waals surface area (Å²) in [5, 5.41) is 0. The second kappa shape index (κ2) is 16.1. The molecule has 0 heterocycles. The van der Waals surface area contributed by atoms with Crippen molar-refractivity contribution >= 4 is 31.9 Å². The Labute approximate surface area is 194 Å². The maximum Gasteiger partial charge on any atom is 0.0466 e. The Bertz CT molecular complexity index is 562. The van der Waals surface area contributed by atoms with E-state index in [-0.39, 0.29) is 0 Å². The zero-order chi connectivity index (χ0) is 20.6. The van der Waals surface area contributed by atoms with Crippen LogP contribution in [0.25, 0.3) is 0 Å². The maximum absolute atomic E-state index is 5.82. The summed E-state index contributed by atoms with van der Waals surface area (Å²) in [6.07, 6.45) is 12.2. The molecule has 0 aliphatic heterocycles. The Morgan fingerprint density at radius 2 is 0.966 bits per heavy atom. The Morgan fingerprint density at radius 3 is 1.38 bits per heavy atom. The highest BCUT2D eigenvalue weighted by molar-refractivity contribution is 9.09. The van der Waals surface area contributed by atoms with Crippen LogP contribution in [0.2, 0.25) is 0 Å². The SMILES string of the molecule is BrC(CCCCCOCCCCCC(Br)Cc1ccccc1)Cc1ccccc1. The van der Waals surface area contributed by atoms with Gasteiger partial charge in [-0.05, 0) is 49.7 Å². The average molecular weight is 524 g/mol. The third kappa shape index (κ3) is 12.6. The number of hydrogen-bond donors (Lipinski definition) is 0. The topological polar surface area (TPSA) is 9.23 Å². The smallest absolute Gasteiger partial charge is 0.0466 e. The number of ether oxygens (including phenoxy) is 1. The molecule has 0 spiro atoms. The van der Waals surface area contributed by atoms with Gasteiger partial charge in [0.15, 0.2) is 0 Å². The highest BCUT2D eigenvalue weighted by Crippen LogP contribution is 2.18. The van der Waals surface area contributed by atoms with E-state index in [1.54, 1.807) is 0 Å². The standard InChI is InChI=1S/C26H36Br2O/c27-25(21-23-13-5-1-6-14-23)17-9-3-11-19-29-20-12-4-10-18-26(28)22-24-15-7-2-8-16-24/h1-2,5-8,13-16,25-26H,3-4,9-12,17-22H2. The Balaban J connectivity index is 1.34. The summed E-state index contributed by atoms with van der Waals surface area (Å²) in [7, 11) is 0. The van der Waals surface area contributed by atoms with Crippen molar-refractivity contribution in [3.63, 3.8) is 0 Å². The van der Waals surface area contributed by atoms with Gasteiger partial charge in [-0.3, -0.25) is 0 Å². The van der Waals surface area contributed by atoms with Gasteiger partial charge in [0.25, 0.3) is 0 Å². The molecule has 2 aromatic carbocycles. The lowest BCUT2D eigenvalue weighted by Crippen LogP contribution is -2.04. The second-order valence-electron chi connectivity index (χ2n) is 7.89. The van der Waals surface area contributed by atoms with Crippen molar-refractivity contribution in [2.24, 2.45) is 0 Å². The van der Waals surface area contributed by atoms with Gasteiger partial charge in [-0.15, -0.1) is 0 Å². The number of halogens is 2. The molecule has 0 saturated carbocycles. The van der Waals surface area contributed by atoms with Crippen LogP contribution in [0.5, 0.6) is 0 Å². The van der Waals surface area contributed by atoms with Crippen molar-refractivity contribution in [2.75, 3.05) is 13.2 Å². The summed E-state index contributed by atoms with van der Waals surface area (Å²) in [4.78, 5) is 1.18. The molecule has 2 atom stereocenters. The Kier molecular flexibility index (Phi) is 13.7. The quantitative estimate of drug-likeness (QED) is 0.159. The fourth-order valence-electron chi connectivity index (χ4n) is 3.54. The predicted molar refractivity (Wildman–Crippen MR) is 133 cm³/mol. The van der Waals surface area contributed by atoms with Crippen molar-refractivity contribution < 1.29 is 4.74 Å². The molecule has 1 nitrogen and oxygen atoms in total. The Morgan fingerprint density at radius 1 is 0.552 bits per heavy atom. The van der Waals surface area contributed by atoms with Gasteiger partial charge in [-0.1, -0.05) is 118 Å². The van der Waals surface area contributed by atoms with Crippen molar-refractivity contribution in [1.82, 2.24) is 0 Å². The zero-order valence-corrected chi connectivity index (χ0v) is 20.7. The minimum Gasteiger partial charge on any atom is -0.381 e. The minimum absolute atomic E-state index is 0.589. The van der Waals surface area contributed by atoms with Crippen molar-refractivity contribution in [3.05, 3.63) is 71.8 Å². The third-order valence-corrected chi connectivity index (χ3v) is 6.78. The zero-order valence-electron chi connectivity index (χ0n) is 17.6. The molecule has 2 aromatic rings. The van der Waals surface area contributed by atoms with Gasteiger partial charge < -0.3 is 4.74 Å². The van der Waals surface area contributed by atoms with Crippen LogP contribution in [0, 0.1) is 0 Å². The van der Waals surface area contributed by atoms with E-state index < -0.39 is 0 Å². The fraction of sp³-hybridized carbons (Fsp3) is 0.538. The normalized spacial score (nSPS) is 13.3. The fourth-order valence-corrected chi connectivity index (χ4v) is 4.93. The number of benzene rings is 2. The first-order valence-electron chi connectivity index (χ1n) is 11.2. The third-order valence-electron chi connectivity index (χ3n) is 5.21. The van der Waals surface area contributed by atoms with Crippen molar-refractivity contribution in [3.8, 4) is 0 Å². The van der Waals surface area contributed by atoms with Crippen molar-refractivity contribution in [1.29, 1.82) is 0 Å². The summed E-state index contributed by atoms with van der Waals surface area (Å²) < 4.78 is 5.82. The summed E-state index contributed by atoms with van der Waals surface area (Å²) >= 11 is 7.65. The highest BCUT2D eigenvalue weighted by atomic mass is 79.9. The lowest BCUT2D eigenvalue weighted by Gasteiger charge is -2.10. The van der Waals surface area contributed by atoms with Crippen LogP contribution in [-0.4, -0.2) is 22.9 Å². The summed E-state index contributed by atoms with van der Waals surface area (Å²) in [5.74, 6) is 0. The monoisotopic (exact) mass is 522 g/mol. The maximum atomic E-state index is 5.82. The molecule has 0 bridgehead atoms. The van der Waals surface area contributed by atoms with Crippen LogP contribution in [-0.2, 0) is 17.6 Å². The lowest BCUT2D eigenvalue weighted by atomic mass is 10.1. The molecule has 2 rings (SSSR count). The number of hydrogen-bond acceptors (Lipinski definition) is 1. The van der Waals surface area contributed by atoms with Crippen LogP contribution in [0.4, 0.5) is 0 Å². The minimum atomic E-state index is 0.589. The molecule has 29 heavy (non-hydrogen) atoms. The molecule has 0 aromatic heterocycles. The van der Waals surface area contributed by atoms with Gasteiger partial charge in [0.1, 0.15) is 0 Å². The summed E-state index contributed by atoms with van der Waals surface area (Å²) in [6.45, 7) is 1.83. The number of rotatable bonds is 16. The number of alkyl halides is 2. The van der Waals surface area contributed by atoms with Gasteiger partial charge in [0, 0.05) is 22.9 Å². The summed E-state index contributed by atoms with van der Waals surface area (Å²) in [5.41, 5.74) is 2.84. The molecular weight excluding hydrogens is 488 g/mol. The van der Waals surface area contributed by atoms with E-state index in [9.17, 15) is 0 Å². The van der Waals surface area contributed by atoms with E-state index in [1.165, 1.54) is 62.5 Å². The van der Waals surface area contributed by atoms with Gasteiger partial charge in [0.05, 0.1) is 0 Å². The van der Waals surface area contributed by atoms with Crippen LogP contribution >= 0.6 is 31.9 Å². The van der Waals surface area contributed by atoms with Crippen LogP contribution in [0.3, 0.4) is 0 Å². The molecule has 0 amide bonds. The first-order valence-corrected chi connectivity index (χ1v) is 13.0. The lowest BCUT2D eigenvalue weighted by molar-refractivity contribution is 0.125. The van der Waals surface area contributed by atoms with E-state index in [2.05, 4.69) is 92.5 Å². The summed E-state index contributed by atoms with van der Waals surface area (Å²) in [6, 6.07) is 21.5. The van der Waals surface area contributed by atoms with Crippen molar-refractivity contribution in [2.45, 2.75) is 73.9 Å². The first kappa shape index (κ1) is 24.6. The molecule has 2 unspecified atom stereocenters. The highest BCUT2D eigenvalue weighted by Gasteiger charge is 2.06. The van der Waals surface area contributed by atoms with Gasteiger partial charge in [0.2, 0.25) is 0 Å². The van der Waals surface area contributed by atoms with Gasteiger partial charge >= 0.3 is 0 Å². The van der Waals surface area contributed by atoms with Gasteiger partial charge in [-0.25, -0.2) is 0 Å². The first-order chi connectivity index (χ1) is 14.2. The largest absolute Gasteiger partial charge is 0.381 e. The predicted octanol–water partition coefficient (Wildman–Crippen LogP) is 8.14. The van der Waals surface area contributed by atoms with Crippen LogP contribution in [0.1, 0.15) is 62.5 Å². The van der Waals surface area contributed by atoms with E-state index in [0.717, 1.165) is 26.1 Å². The average Bonchev–Trinajstić information content (AvgIpc) is 2.73. The molecule has 3 heteroatoms. The molecule has 0 N–H and O–H groups in total. The molecule has 0 fully saturated rings. The van der Waals surface area contributed by atoms with E-state index in [4.69, 9.17) is 4.74 Å². The van der Waals surface area contributed by atoms with E-state index >= 15 is 0 Å². The van der Waals surface area contributed by atoms with Crippen LogP contribution in [0.15, 0.2) is 60.7 Å². The Hall–Kier alpha value is -0.640. The molecule has 0 aliphatic carbocycles. The second-order valence-corrected chi connectivity index (χ2v) is 10.5.